The molecule has 0 aromatic heterocycles. The molecule has 126 valence electrons. The molecule has 0 unspecified atom stereocenters. The number of carbonyl (C=O) groups is 1. The molecule has 24 heavy (non-hydrogen) atoms. The van der Waals surface area contributed by atoms with Crippen molar-refractivity contribution in [1.29, 1.82) is 0 Å². The van der Waals surface area contributed by atoms with Crippen molar-refractivity contribution in [2.75, 3.05) is 19.1 Å². The monoisotopic (exact) mass is 366 g/mol. The van der Waals surface area contributed by atoms with Gasteiger partial charge in [0, 0.05) is 10.6 Å². The largest absolute Gasteiger partial charge is 0.459 e. The van der Waals surface area contributed by atoms with Gasteiger partial charge in [-0.05, 0) is 24.3 Å². The molecule has 6 heteroatoms. The second-order valence-electron chi connectivity index (χ2n) is 5.41. The molecule has 3 rings (SSSR count). The highest BCUT2D eigenvalue weighted by Gasteiger charge is 2.43. The van der Waals surface area contributed by atoms with E-state index >= 15 is 0 Å². The van der Waals surface area contributed by atoms with Crippen LogP contribution in [0.4, 0.5) is 0 Å². The maximum atomic E-state index is 12.0. The Morgan fingerprint density at radius 1 is 1.17 bits per heavy atom. The number of hydrogen-bond donors (Lipinski definition) is 0. The van der Waals surface area contributed by atoms with Gasteiger partial charge in [-0.3, -0.25) is 0 Å². The standard InChI is InChI=1S/C18H16Cl2O4/c19-12-18(14-6-8-15(20)9-7-14)23-11-16(24-18)10-22-17(21)13-4-2-1-3-5-13/h1-9,16H,10-12H2/t16-,18-/m1/s1. The van der Waals surface area contributed by atoms with Gasteiger partial charge in [0.15, 0.2) is 0 Å². The van der Waals surface area contributed by atoms with Gasteiger partial charge in [-0.1, -0.05) is 41.9 Å². The number of benzene rings is 2. The zero-order valence-electron chi connectivity index (χ0n) is 12.8. The second kappa shape index (κ2) is 7.53. The predicted octanol–water partition coefficient (Wildman–Crippen LogP) is 4.00. The number of hydrogen-bond acceptors (Lipinski definition) is 4. The van der Waals surface area contributed by atoms with Gasteiger partial charge in [0.05, 0.1) is 18.1 Å². The summed E-state index contributed by atoms with van der Waals surface area (Å²) in [5.74, 6) is -1.32. The van der Waals surface area contributed by atoms with Gasteiger partial charge in [-0.25, -0.2) is 4.79 Å². The van der Waals surface area contributed by atoms with Crippen LogP contribution in [0.2, 0.25) is 5.02 Å². The van der Waals surface area contributed by atoms with Gasteiger partial charge < -0.3 is 14.2 Å². The number of esters is 1. The Bertz CT molecular complexity index is 690. The molecule has 1 heterocycles. The minimum atomic E-state index is -1.05. The van der Waals surface area contributed by atoms with E-state index in [4.69, 9.17) is 37.4 Å². The second-order valence-corrected chi connectivity index (χ2v) is 6.11. The first kappa shape index (κ1) is 17.2. The summed E-state index contributed by atoms with van der Waals surface area (Å²) < 4.78 is 17.0. The lowest BCUT2D eigenvalue weighted by Crippen LogP contribution is -2.31. The zero-order chi connectivity index (χ0) is 17.0. The van der Waals surface area contributed by atoms with Crippen LogP contribution in [0.15, 0.2) is 54.6 Å². The molecule has 1 saturated heterocycles. The van der Waals surface area contributed by atoms with Crippen LogP contribution < -0.4 is 0 Å². The molecule has 0 bridgehead atoms. The first-order chi connectivity index (χ1) is 11.6. The van der Waals surface area contributed by atoms with E-state index < -0.39 is 11.8 Å². The lowest BCUT2D eigenvalue weighted by atomic mass is 10.1. The summed E-state index contributed by atoms with van der Waals surface area (Å²) in [6.45, 7) is 0.386. The van der Waals surface area contributed by atoms with Gasteiger partial charge in [0.25, 0.3) is 0 Å². The Balaban J connectivity index is 1.62. The first-order valence-electron chi connectivity index (χ1n) is 7.49. The van der Waals surface area contributed by atoms with Crippen LogP contribution in [0.25, 0.3) is 0 Å². The van der Waals surface area contributed by atoms with Crippen molar-refractivity contribution < 1.29 is 19.0 Å². The summed E-state index contributed by atoms with van der Waals surface area (Å²) in [5.41, 5.74) is 1.27. The number of alkyl halides is 1. The van der Waals surface area contributed by atoms with Gasteiger partial charge >= 0.3 is 5.97 Å². The molecular formula is C18H16Cl2O4. The molecule has 0 spiro atoms. The van der Waals surface area contributed by atoms with E-state index in [2.05, 4.69) is 0 Å². The average Bonchev–Trinajstić information content (AvgIpc) is 3.06. The van der Waals surface area contributed by atoms with E-state index in [0.717, 1.165) is 5.56 Å². The summed E-state index contributed by atoms with van der Waals surface area (Å²) in [4.78, 5) is 12.0. The smallest absolute Gasteiger partial charge is 0.338 e. The molecule has 0 saturated carbocycles. The number of halogens is 2. The highest BCUT2D eigenvalue weighted by Crippen LogP contribution is 2.36. The fourth-order valence-corrected chi connectivity index (χ4v) is 2.90. The fourth-order valence-electron chi connectivity index (χ4n) is 2.48. The predicted molar refractivity (Wildman–Crippen MR) is 91.4 cm³/mol. The van der Waals surface area contributed by atoms with Crippen molar-refractivity contribution in [3.05, 3.63) is 70.7 Å². The number of rotatable bonds is 5. The molecule has 0 radical (unpaired) electrons. The Kier molecular flexibility index (Phi) is 5.41. The van der Waals surface area contributed by atoms with Crippen LogP contribution in [0.3, 0.4) is 0 Å². The molecule has 2 aromatic carbocycles. The molecular weight excluding hydrogens is 351 g/mol. The van der Waals surface area contributed by atoms with Gasteiger partial charge in [-0.2, -0.15) is 0 Å². The summed E-state index contributed by atoms with van der Waals surface area (Å²) >= 11 is 12.0. The highest BCUT2D eigenvalue weighted by atomic mass is 35.5. The first-order valence-corrected chi connectivity index (χ1v) is 8.40. The lowest BCUT2D eigenvalue weighted by Gasteiger charge is -2.26. The van der Waals surface area contributed by atoms with Crippen molar-refractivity contribution >= 4 is 29.2 Å². The Labute approximate surface area is 150 Å². The van der Waals surface area contributed by atoms with Crippen LogP contribution in [-0.2, 0) is 20.0 Å². The van der Waals surface area contributed by atoms with Crippen LogP contribution in [0, 0.1) is 0 Å². The Morgan fingerprint density at radius 2 is 1.88 bits per heavy atom. The highest BCUT2D eigenvalue weighted by molar-refractivity contribution is 6.30. The molecule has 4 nitrogen and oxygen atoms in total. The van der Waals surface area contributed by atoms with Crippen molar-refractivity contribution in [3.8, 4) is 0 Å². The summed E-state index contributed by atoms with van der Waals surface area (Å²) in [5, 5.41) is 0.620. The summed E-state index contributed by atoms with van der Waals surface area (Å²) in [6, 6.07) is 15.9. The maximum absolute atomic E-state index is 12.0. The van der Waals surface area contributed by atoms with E-state index in [9.17, 15) is 4.79 Å². The van der Waals surface area contributed by atoms with Crippen LogP contribution in [-0.4, -0.2) is 31.2 Å². The minimum Gasteiger partial charge on any atom is -0.459 e. The van der Waals surface area contributed by atoms with E-state index in [0.29, 0.717) is 10.6 Å². The third kappa shape index (κ3) is 3.73. The SMILES string of the molecule is O=C(OC[C@@H]1CO[C@@](CCl)(c2ccc(Cl)cc2)O1)c1ccccc1. The molecule has 0 amide bonds. The maximum Gasteiger partial charge on any atom is 0.338 e. The topological polar surface area (TPSA) is 44.8 Å². The molecule has 1 fully saturated rings. The number of ether oxygens (including phenoxy) is 3. The van der Waals surface area contributed by atoms with Crippen molar-refractivity contribution in [2.45, 2.75) is 11.9 Å². The quantitative estimate of drug-likeness (QED) is 0.592. The van der Waals surface area contributed by atoms with Gasteiger partial charge in [0.1, 0.15) is 12.7 Å². The van der Waals surface area contributed by atoms with Crippen molar-refractivity contribution in [3.63, 3.8) is 0 Å². The van der Waals surface area contributed by atoms with E-state index in [1.54, 1.807) is 36.4 Å². The molecule has 1 aliphatic heterocycles. The van der Waals surface area contributed by atoms with Gasteiger partial charge in [-0.15, -0.1) is 11.6 Å². The number of carbonyl (C=O) groups excluding carboxylic acids is 1. The molecule has 0 aliphatic carbocycles. The zero-order valence-corrected chi connectivity index (χ0v) is 14.3. The van der Waals surface area contributed by atoms with E-state index in [1.807, 2.05) is 18.2 Å². The van der Waals surface area contributed by atoms with Crippen LogP contribution in [0.5, 0.6) is 0 Å². The molecule has 2 aromatic rings. The molecule has 2 atom stereocenters. The average molecular weight is 367 g/mol. The third-order valence-electron chi connectivity index (χ3n) is 3.73. The third-order valence-corrected chi connectivity index (χ3v) is 4.33. The van der Waals surface area contributed by atoms with Gasteiger partial charge in [0.2, 0.25) is 5.79 Å². The molecule has 1 aliphatic rings. The van der Waals surface area contributed by atoms with Crippen molar-refractivity contribution in [1.82, 2.24) is 0 Å². The van der Waals surface area contributed by atoms with E-state index in [1.165, 1.54) is 0 Å². The summed E-state index contributed by atoms with van der Waals surface area (Å²) in [6.07, 6.45) is -0.382. The van der Waals surface area contributed by atoms with E-state index in [-0.39, 0.29) is 25.2 Å². The Hall–Kier alpha value is -1.59. The normalized spacial score (nSPS) is 23.2. The minimum absolute atomic E-state index is 0.0972. The lowest BCUT2D eigenvalue weighted by molar-refractivity contribution is -0.162. The molecule has 0 N–H and O–H groups in total. The Morgan fingerprint density at radius 3 is 2.54 bits per heavy atom. The summed E-state index contributed by atoms with van der Waals surface area (Å²) in [7, 11) is 0. The van der Waals surface area contributed by atoms with Crippen molar-refractivity contribution in [2.24, 2.45) is 0 Å². The fraction of sp³-hybridized carbons (Fsp3) is 0.278. The van der Waals surface area contributed by atoms with Crippen LogP contribution >= 0.6 is 23.2 Å². The van der Waals surface area contributed by atoms with Crippen LogP contribution in [0.1, 0.15) is 15.9 Å².